The number of nitrogens with zero attached hydrogens (tertiary/aromatic N) is 1. The minimum atomic E-state index is -4.28. The summed E-state index contributed by atoms with van der Waals surface area (Å²) in [6.45, 7) is 0.161. The molecule has 0 bridgehead atoms. The summed E-state index contributed by atoms with van der Waals surface area (Å²) in [7, 11) is -4.28. The molecule has 0 aliphatic heterocycles. The van der Waals surface area contributed by atoms with Crippen molar-refractivity contribution in [1.82, 2.24) is 26.0 Å². The van der Waals surface area contributed by atoms with Gasteiger partial charge in [0.25, 0.3) is 5.91 Å². The van der Waals surface area contributed by atoms with E-state index >= 15 is 0 Å². The highest BCUT2D eigenvalue weighted by atomic mass is 35.5. The second-order valence-corrected chi connectivity index (χ2v) is 19.1. The van der Waals surface area contributed by atoms with Gasteiger partial charge in [0.05, 0.1) is 23.8 Å². The van der Waals surface area contributed by atoms with Crippen LogP contribution in [0.4, 0.5) is 4.39 Å². The summed E-state index contributed by atoms with van der Waals surface area (Å²) < 4.78 is 56.0. The van der Waals surface area contributed by atoms with Crippen LogP contribution in [0.3, 0.4) is 0 Å². The van der Waals surface area contributed by atoms with Crippen LogP contribution in [-0.2, 0) is 78.2 Å². The van der Waals surface area contributed by atoms with Gasteiger partial charge in [0.2, 0.25) is 17.8 Å². The van der Waals surface area contributed by atoms with Gasteiger partial charge in [0.15, 0.2) is 0 Å². The normalized spacial score (nSPS) is 12.6. The summed E-state index contributed by atoms with van der Waals surface area (Å²) in [6.07, 6.45) is 2.85. The van der Waals surface area contributed by atoms with Gasteiger partial charge in [-0.25, -0.2) is 19.4 Å². The fraction of sp³-hybridized carbons (Fsp3) is 0.352. The topological polar surface area (TPSA) is 227 Å². The lowest BCUT2D eigenvalue weighted by Crippen LogP contribution is -2.42. The van der Waals surface area contributed by atoms with E-state index in [1.807, 2.05) is 48.5 Å². The molecule has 0 radical (unpaired) electrons. The van der Waals surface area contributed by atoms with E-state index in [9.17, 15) is 37.7 Å². The number of carbonyl (C=O) groups excluding carboxylic acids is 6. The highest BCUT2D eigenvalue weighted by molar-refractivity contribution is 7.51. The van der Waals surface area contributed by atoms with Crippen LogP contribution >= 0.6 is 19.3 Å². The van der Waals surface area contributed by atoms with Crippen LogP contribution in [0.25, 0.3) is 0 Å². The number of ether oxygens (including phenoxy) is 3. The highest BCUT2D eigenvalue weighted by Gasteiger charge is 2.34. The predicted octanol–water partition coefficient (Wildman–Crippen LogP) is 8.64. The van der Waals surface area contributed by atoms with Crippen LogP contribution in [0.15, 0.2) is 134 Å². The molecule has 0 saturated carbocycles. The van der Waals surface area contributed by atoms with Crippen molar-refractivity contribution in [3.05, 3.63) is 172 Å². The molecule has 1 heterocycles. The Bertz CT molecular complexity index is 2590. The Labute approximate surface area is 435 Å². The SMILES string of the molecule is O=C(CC[C@H](NC(=O)CCCCCNC(=O)c1cnc(F)c(Cl)c1)C(=O)OCc1ccccc1)NCCCCOP(=O)(N[C@@H](CCC(=O)OCc1ccccc1)C(=O)OCc1ccccc1)OCc1ccccc1. The first kappa shape index (κ1) is 58.1. The van der Waals surface area contributed by atoms with Crippen molar-refractivity contribution in [3.8, 4) is 0 Å². The van der Waals surface area contributed by atoms with E-state index in [0.717, 1.165) is 22.9 Å². The summed E-state index contributed by atoms with van der Waals surface area (Å²) in [6, 6.07) is 34.8. The Morgan fingerprint density at radius 2 is 1.08 bits per heavy atom. The van der Waals surface area contributed by atoms with Crippen molar-refractivity contribution in [1.29, 1.82) is 0 Å². The van der Waals surface area contributed by atoms with E-state index in [2.05, 4.69) is 26.0 Å². The maximum atomic E-state index is 14.4. The van der Waals surface area contributed by atoms with Crippen molar-refractivity contribution in [2.75, 3.05) is 19.7 Å². The molecule has 0 aliphatic rings. The highest BCUT2D eigenvalue weighted by Crippen LogP contribution is 2.46. The van der Waals surface area contributed by atoms with Gasteiger partial charge in [-0.3, -0.25) is 33.0 Å². The largest absolute Gasteiger partial charge is 0.461 e. The van der Waals surface area contributed by atoms with E-state index in [1.165, 1.54) is 6.07 Å². The van der Waals surface area contributed by atoms with Gasteiger partial charge in [0.1, 0.15) is 31.9 Å². The van der Waals surface area contributed by atoms with Gasteiger partial charge < -0.3 is 30.2 Å². The Morgan fingerprint density at radius 1 is 0.568 bits per heavy atom. The minimum Gasteiger partial charge on any atom is -0.461 e. The monoisotopic (exact) mass is 1060 g/mol. The van der Waals surface area contributed by atoms with Crippen LogP contribution in [-0.4, -0.2) is 72.4 Å². The van der Waals surface area contributed by atoms with Gasteiger partial charge in [-0.1, -0.05) is 139 Å². The third kappa shape index (κ3) is 22.5. The maximum Gasteiger partial charge on any atom is 0.406 e. The van der Waals surface area contributed by atoms with E-state index < -0.39 is 55.5 Å². The molecule has 3 amide bonds. The smallest absolute Gasteiger partial charge is 0.406 e. The number of halogens is 2. The molecular weight excluding hydrogens is 996 g/mol. The van der Waals surface area contributed by atoms with Gasteiger partial charge in [0, 0.05) is 38.5 Å². The molecular formula is C54H62ClFN5O12P. The third-order valence-electron chi connectivity index (χ3n) is 11.0. The number of benzene rings is 4. The minimum absolute atomic E-state index is 0.0329. The Balaban J connectivity index is 1.09. The quantitative estimate of drug-likeness (QED) is 0.0101. The fourth-order valence-corrected chi connectivity index (χ4v) is 8.65. The summed E-state index contributed by atoms with van der Waals surface area (Å²) in [4.78, 5) is 81.5. The molecule has 0 saturated heterocycles. The lowest BCUT2D eigenvalue weighted by atomic mass is 10.1. The molecule has 5 aromatic rings. The van der Waals surface area contributed by atoms with Crippen LogP contribution in [0, 0.1) is 5.95 Å². The number of amides is 3. The number of unbranched alkanes of at least 4 members (excludes halogenated alkanes) is 3. The second-order valence-electron chi connectivity index (χ2n) is 16.9. The average Bonchev–Trinajstić information content (AvgIpc) is 3.42. The zero-order valence-corrected chi connectivity index (χ0v) is 42.6. The van der Waals surface area contributed by atoms with E-state index in [1.54, 1.807) is 72.8 Å². The summed E-state index contributed by atoms with van der Waals surface area (Å²) >= 11 is 5.72. The van der Waals surface area contributed by atoms with Crippen molar-refractivity contribution in [2.45, 2.75) is 103 Å². The Morgan fingerprint density at radius 3 is 1.66 bits per heavy atom. The van der Waals surface area contributed by atoms with E-state index in [-0.39, 0.29) is 88.2 Å². The molecule has 0 aliphatic carbocycles. The lowest BCUT2D eigenvalue weighted by molar-refractivity contribution is -0.150. The van der Waals surface area contributed by atoms with Crippen molar-refractivity contribution < 1.29 is 61.0 Å². The zero-order valence-electron chi connectivity index (χ0n) is 40.9. The van der Waals surface area contributed by atoms with Crippen molar-refractivity contribution >= 4 is 55.0 Å². The Kier molecular flexibility index (Phi) is 25.4. The molecule has 0 spiro atoms. The first-order chi connectivity index (χ1) is 35.9. The van der Waals surface area contributed by atoms with Crippen LogP contribution in [0.5, 0.6) is 0 Å². The summed E-state index contributed by atoms with van der Waals surface area (Å²) in [5, 5.41) is 10.7. The molecule has 17 nitrogen and oxygen atoms in total. The van der Waals surface area contributed by atoms with Gasteiger partial charge in [-0.15, -0.1) is 0 Å². The van der Waals surface area contributed by atoms with Gasteiger partial charge in [-0.2, -0.15) is 4.39 Å². The lowest BCUT2D eigenvalue weighted by Gasteiger charge is -2.24. The molecule has 1 unspecified atom stereocenters. The van der Waals surface area contributed by atoms with Crippen molar-refractivity contribution in [2.24, 2.45) is 0 Å². The number of rotatable bonds is 33. The second kappa shape index (κ2) is 32.4. The number of nitrogens with one attached hydrogen (secondary N) is 4. The van der Waals surface area contributed by atoms with Crippen LogP contribution < -0.4 is 21.0 Å². The van der Waals surface area contributed by atoms with Gasteiger partial charge >= 0.3 is 25.7 Å². The molecule has 20 heteroatoms. The molecule has 5 rings (SSSR count). The summed E-state index contributed by atoms with van der Waals surface area (Å²) in [5.74, 6) is -4.21. The average molecular weight is 1060 g/mol. The fourth-order valence-electron chi connectivity index (χ4n) is 6.96. The van der Waals surface area contributed by atoms with Crippen LogP contribution in [0.1, 0.15) is 96.8 Å². The molecule has 74 heavy (non-hydrogen) atoms. The number of aromatic nitrogens is 1. The van der Waals surface area contributed by atoms with E-state index in [4.69, 9.17) is 34.9 Å². The van der Waals surface area contributed by atoms with Gasteiger partial charge in [-0.05, 0) is 66.8 Å². The van der Waals surface area contributed by atoms with E-state index in [0.29, 0.717) is 44.2 Å². The number of pyridine rings is 1. The number of esters is 3. The predicted molar refractivity (Wildman–Crippen MR) is 273 cm³/mol. The third-order valence-corrected chi connectivity index (χ3v) is 12.9. The number of carbonyl (C=O) groups is 6. The van der Waals surface area contributed by atoms with Crippen molar-refractivity contribution in [3.63, 3.8) is 0 Å². The Hall–Kier alpha value is -6.82. The molecule has 0 fully saturated rings. The molecule has 4 N–H and O–H groups in total. The first-order valence-electron chi connectivity index (χ1n) is 24.3. The number of hydrogen-bond donors (Lipinski definition) is 4. The molecule has 4 aromatic carbocycles. The van der Waals surface area contributed by atoms with Crippen LogP contribution in [0.2, 0.25) is 5.02 Å². The number of hydrogen-bond acceptors (Lipinski definition) is 13. The molecule has 1 aromatic heterocycles. The molecule has 394 valence electrons. The maximum absolute atomic E-state index is 14.4. The standard InChI is InChI=1S/C54H62ClFN5O12P/c55-45-34-44(35-59-51(45)56)52(65)58-32-15-5-14-26-49(63)60-46(53(66)70-37-41-20-8-2-9-21-41)27-29-48(62)57-31-16-17-33-72-74(68,73-39-43-24-12-4-13-25-43)61-47(54(67)71-38-42-22-10-3-11-23-42)28-30-50(64)69-36-40-18-6-1-7-19-40/h1-4,6-13,18-25,34-35,46-47H,5,14-17,26-33,36-39H2,(H,57,62)(H,58,65)(H,60,63)(H,61,68)/t46-,47-,74?/m0/s1. The molecule has 3 atom stereocenters. The first-order valence-corrected chi connectivity index (χ1v) is 26.2. The summed E-state index contributed by atoms with van der Waals surface area (Å²) in [5.41, 5.74) is 3.05. The zero-order chi connectivity index (χ0) is 52.8.